The van der Waals surface area contributed by atoms with E-state index in [1.165, 1.54) is 0 Å². The van der Waals surface area contributed by atoms with Crippen molar-refractivity contribution in [3.8, 4) is 0 Å². The van der Waals surface area contributed by atoms with Crippen LogP contribution in [0.3, 0.4) is 0 Å². The van der Waals surface area contributed by atoms with Crippen LogP contribution in [0.1, 0.15) is 38.5 Å². The Kier molecular flexibility index (Phi) is 4.19. The van der Waals surface area contributed by atoms with Crippen LogP contribution in [0, 0.1) is 0 Å². The Morgan fingerprint density at radius 1 is 1.32 bits per heavy atom. The van der Waals surface area contributed by atoms with E-state index in [4.69, 9.17) is 0 Å². The SMILES string of the molecule is O=C(CCn1cccn1)NC1(C(=O)O)CCCCC1. The first kappa shape index (κ1) is 13.6. The summed E-state index contributed by atoms with van der Waals surface area (Å²) in [6, 6.07) is 1.79. The van der Waals surface area contributed by atoms with E-state index in [1.54, 1.807) is 23.1 Å². The number of hydrogen-bond donors (Lipinski definition) is 2. The third-order valence-corrected chi connectivity index (χ3v) is 3.62. The van der Waals surface area contributed by atoms with Gasteiger partial charge in [0, 0.05) is 25.4 Å². The van der Waals surface area contributed by atoms with E-state index in [0.29, 0.717) is 19.4 Å². The number of hydrogen-bond acceptors (Lipinski definition) is 3. The van der Waals surface area contributed by atoms with Crippen LogP contribution < -0.4 is 5.32 Å². The number of amides is 1. The molecule has 6 heteroatoms. The molecule has 6 nitrogen and oxygen atoms in total. The topological polar surface area (TPSA) is 84.2 Å². The molecule has 19 heavy (non-hydrogen) atoms. The molecule has 104 valence electrons. The quantitative estimate of drug-likeness (QED) is 0.837. The van der Waals surface area contributed by atoms with Crippen LogP contribution >= 0.6 is 0 Å². The molecular formula is C13H19N3O3. The highest BCUT2D eigenvalue weighted by Crippen LogP contribution is 2.28. The van der Waals surface area contributed by atoms with Crippen LogP contribution in [0.25, 0.3) is 0 Å². The maximum absolute atomic E-state index is 11.9. The van der Waals surface area contributed by atoms with Gasteiger partial charge in [-0.25, -0.2) is 4.79 Å². The smallest absolute Gasteiger partial charge is 0.329 e. The summed E-state index contributed by atoms with van der Waals surface area (Å²) < 4.78 is 1.66. The number of nitrogens with one attached hydrogen (secondary N) is 1. The molecule has 1 aromatic rings. The predicted molar refractivity (Wildman–Crippen MR) is 68.4 cm³/mol. The highest BCUT2D eigenvalue weighted by molar-refractivity contribution is 5.87. The molecule has 0 radical (unpaired) electrons. The van der Waals surface area contributed by atoms with Crippen molar-refractivity contribution in [2.24, 2.45) is 0 Å². The summed E-state index contributed by atoms with van der Waals surface area (Å²) in [6.45, 7) is 0.467. The van der Waals surface area contributed by atoms with Crippen molar-refractivity contribution in [2.75, 3.05) is 0 Å². The Balaban J connectivity index is 1.90. The van der Waals surface area contributed by atoms with Gasteiger partial charge in [-0.1, -0.05) is 19.3 Å². The predicted octanol–water partition coefficient (Wildman–Crippen LogP) is 1.18. The van der Waals surface area contributed by atoms with Crippen molar-refractivity contribution in [3.05, 3.63) is 18.5 Å². The van der Waals surface area contributed by atoms with Gasteiger partial charge < -0.3 is 10.4 Å². The molecule has 2 N–H and O–H groups in total. The molecule has 0 spiro atoms. The molecule has 1 aliphatic rings. The van der Waals surface area contributed by atoms with Crippen molar-refractivity contribution in [3.63, 3.8) is 0 Å². The van der Waals surface area contributed by atoms with Gasteiger partial charge in [-0.2, -0.15) is 5.10 Å². The molecule has 1 amide bonds. The fourth-order valence-electron chi connectivity index (χ4n) is 2.53. The van der Waals surface area contributed by atoms with Gasteiger partial charge in [0.15, 0.2) is 0 Å². The third kappa shape index (κ3) is 3.33. The maximum atomic E-state index is 11.9. The van der Waals surface area contributed by atoms with Gasteiger partial charge in [-0.3, -0.25) is 9.48 Å². The number of carboxylic acids is 1. The molecule has 0 aromatic carbocycles. The highest BCUT2D eigenvalue weighted by Gasteiger charge is 2.40. The fourth-order valence-corrected chi connectivity index (χ4v) is 2.53. The van der Waals surface area contributed by atoms with Gasteiger partial charge in [-0.05, 0) is 18.9 Å². The minimum Gasteiger partial charge on any atom is -0.480 e. The standard InChI is InChI=1S/C13H19N3O3/c17-11(5-10-16-9-4-8-14-16)15-13(12(18)19)6-2-1-3-7-13/h4,8-9H,1-3,5-7,10H2,(H,15,17)(H,18,19). The summed E-state index contributed by atoms with van der Waals surface area (Å²) in [5, 5.41) is 16.1. The molecule has 0 bridgehead atoms. The molecule has 1 aliphatic carbocycles. The average molecular weight is 265 g/mol. The zero-order chi connectivity index (χ0) is 13.7. The monoisotopic (exact) mass is 265 g/mol. The van der Waals surface area contributed by atoms with Crippen molar-refractivity contribution in [1.82, 2.24) is 15.1 Å². The first-order chi connectivity index (χ1) is 9.12. The van der Waals surface area contributed by atoms with Crippen LogP contribution in [0.5, 0.6) is 0 Å². The first-order valence-electron chi connectivity index (χ1n) is 6.64. The average Bonchev–Trinajstić information content (AvgIpc) is 2.90. The summed E-state index contributed by atoms with van der Waals surface area (Å²) in [4.78, 5) is 23.3. The molecule has 0 saturated heterocycles. The molecule has 0 aliphatic heterocycles. The molecular weight excluding hydrogens is 246 g/mol. The van der Waals surface area contributed by atoms with Crippen molar-refractivity contribution < 1.29 is 14.7 Å². The van der Waals surface area contributed by atoms with Crippen LogP contribution in [0.15, 0.2) is 18.5 Å². The van der Waals surface area contributed by atoms with E-state index in [-0.39, 0.29) is 12.3 Å². The summed E-state index contributed by atoms with van der Waals surface area (Å²) in [5.41, 5.74) is -1.06. The Hall–Kier alpha value is -1.85. The largest absolute Gasteiger partial charge is 0.480 e. The van der Waals surface area contributed by atoms with Gasteiger partial charge in [0.1, 0.15) is 5.54 Å². The van der Waals surface area contributed by atoms with Crippen molar-refractivity contribution in [2.45, 2.75) is 50.6 Å². The van der Waals surface area contributed by atoms with E-state index in [9.17, 15) is 14.7 Å². The van der Waals surface area contributed by atoms with E-state index in [0.717, 1.165) is 19.3 Å². The molecule has 1 aromatic heterocycles. The number of aromatic nitrogens is 2. The number of nitrogens with zero attached hydrogens (tertiary/aromatic N) is 2. The minimum atomic E-state index is -1.06. The van der Waals surface area contributed by atoms with E-state index in [1.807, 2.05) is 0 Å². The summed E-state index contributed by atoms with van der Waals surface area (Å²) >= 11 is 0. The lowest BCUT2D eigenvalue weighted by Gasteiger charge is -2.34. The molecule has 1 fully saturated rings. The lowest BCUT2D eigenvalue weighted by atomic mass is 9.81. The lowest BCUT2D eigenvalue weighted by Crippen LogP contribution is -2.55. The number of carbonyl (C=O) groups is 2. The molecule has 1 heterocycles. The Bertz CT molecular complexity index is 436. The Morgan fingerprint density at radius 3 is 2.63 bits per heavy atom. The van der Waals surface area contributed by atoms with Gasteiger partial charge in [-0.15, -0.1) is 0 Å². The van der Waals surface area contributed by atoms with E-state index in [2.05, 4.69) is 10.4 Å². The molecule has 1 saturated carbocycles. The zero-order valence-corrected chi connectivity index (χ0v) is 10.8. The Labute approximate surface area is 111 Å². The van der Waals surface area contributed by atoms with Crippen LogP contribution in [-0.2, 0) is 16.1 Å². The van der Waals surface area contributed by atoms with Crippen LogP contribution in [0.4, 0.5) is 0 Å². The summed E-state index contributed by atoms with van der Waals surface area (Å²) in [7, 11) is 0. The summed E-state index contributed by atoms with van der Waals surface area (Å²) in [6.07, 6.45) is 7.47. The van der Waals surface area contributed by atoms with E-state index < -0.39 is 11.5 Å². The number of carbonyl (C=O) groups excluding carboxylic acids is 1. The van der Waals surface area contributed by atoms with Crippen LogP contribution in [-0.4, -0.2) is 32.3 Å². The number of aryl methyl sites for hydroxylation is 1. The lowest BCUT2D eigenvalue weighted by molar-refractivity contribution is -0.149. The number of aliphatic carboxylic acids is 1. The highest BCUT2D eigenvalue weighted by atomic mass is 16.4. The molecule has 0 unspecified atom stereocenters. The molecule has 2 rings (SSSR count). The number of carboxylic acid groups (broad SMARTS) is 1. The van der Waals surface area contributed by atoms with Gasteiger partial charge in [0.2, 0.25) is 5.91 Å². The maximum Gasteiger partial charge on any atom is 0.329 e. The van der Waals surface area contributed by atoms with Crippen molar-refractivity contribution in [1.29, 1.82) is 0 Å². The number of rotatable bonds is 5. The second-order valence-electron chi connectivity index (χ2n) is 5.02. The van der Waals surface area contributed by atoms with Gasteiger partial charge in [0.25, 0.3) is 0 Å². The van der Waals surface area contributed by atoms with Crippen LogP contribution in [0.2, 0.25) is 0 Å². The van der Waals surface area contributed by atoms with E-state index >= 15 is 0 Å². The minimum absolute atomic E-state index is 0.222. The molecule has 0 atom stereocenters. The van der Waals surface area contributed by atoms with Crippen molar-refractivity contribution >= 4 is 11.9 Å². The summed E-state index contributed by atoms with van der Waals surface area (Å²) in [5.74, 6) is -1.14. The van der Waals surface area contributed by atoms with Gasteiger partial charge in [0.05, 0.1) is 0 Å². The fraction of sp³-hybridized carbons (Fsp3) is 0.615. The van der Waals surface area contributed by atoms with Gasteiger partial charge >= 0.3 is 5.97 Å². The first-order valence-corrected chi connectivity index (χ1v) is 6.64. The normalized spacial score (nSPS) is 17.9. The third-order valence-electron chi connectivity index (χ3n) is 3.62. The zero-order valence-electron chi connectivity index (χ0n) is 10.8. The second kappa shape index (κ2) is 5.86. The second-order valence-corrected chi connectivity index (χ2v) is 5.02. The Morgan fingerprint density at radius 2 is 2.05 bits per heavy atom.